The van der Waals surface area contributed by atoms with Gasteiger partial charge in [0.2, 0.25) is 0 Å². The normalized spacial score (nSPS) is 12.5. The summed E-state index contributed by atoms with van der Waals surface area (Å²) in [6.45, 7) is 2.05. The molecule has 0 saturated heterocycles. The van der Waals surface area contributed by atoms with E-state index >= 15 is 0 Å². The van der Waals surface area contributed by atoms with Crippen LogP contribution in [0.15, 0.2) is 18.2 Å². The average molecular weight is 243 g/mol. The molecular weight excluding hydrogens is 224 g/mol. The Labute approximate surface area is 102 Å². The number of benzene rings is 1. The predicted octanol–water partition coefficient (Wildman–Crippen LogP) is 2.53. The van der Waals surface area contributed by atoms with Crippen molar-refractivity contribution in [2.45, 2.75) is 25.8 Å². The highest BCUT2D eigenvalue weighted by Crippen LogP contribution is 2.28. The zero-order valence-corrected chi connectivity index (χ0v) is 10.6. The zero-order chi connectivity index (χ0) is 12.0. The van der Waals surface area contributed by atoms with Crippen molar-refractivity contribution in [2.24, 2.45) is 5.84 Å². The van der Waals surface area contributed by atoms with E-state index in [0.717, 1.165) is 24.2 Å². The van der Waals surface area contributed by atoms with Gasteiger partial charge in [-0.1, -0.05) is 17.7 Å². The molecule has 90 valence electrons. The lowest BCUT2D eigenvalue weighted by atomic mass is 10.00. The molecule has 3 N–H and O–H groups in total. The van der Waals surface area contributed by atoms with E-state index < -0.39 is 0 Å². The van der Waals surface area contributed by atoms with Crippen LogP contribution in [0.3, 0.4) is 0 Å². The van der Waals surface area contributed by atoms with Gasteiger partial charge in [-0.2, -0.15) is 0 Å². The number of aryl methyl sites for hydroxylation is 1. The van der Waals surface area contributed by atoms with Crippen LogP contribution in [0.1, 0.15) is 30.0 Å². The van der Waals surface area contributed by atoms with Gasteiger partial charge in [0.15, 0.2) is 0 Å². The third-order valence-corrected chi connectivity index (χ3v) is 2.86. The Morgan fingerprint density at radius 1 is 1.50 bits per heavy atom. The van der Waals surface area contributed by atoms with E-state index in [4.69, 9.17) is 22.2 Å². The topological polar surface area (TPSA) is 47.3 Å². The lowest BCUT2D eigenvalue weighted by Gasteiger charge is -2.19. The highest BCUT2D eigenvalue weighted by molar-refractivity contribution is 6.17. The molecular formula is C12H19ClN2O. The highest BCUT2D eigenvalue weighted by atomic mass is 35.5. The number of hydrogen-bond donors (Lipinski definition) is 2. The molecule has 0 radical (unpaired) electrons. The maximum Gasteiger partial charge on any atom is 0.123 e. The molecule has 0 aliphatic carbocycles. The average Bonchev–Trinajstić information content (AvgIpc) is 2.30. The third kappa shape index (κ3) is 3.37. The highest BCUT2D eigenvalue weighted by Gasteiger charge is 2.14. The summed E-state index contributed by atoms with van der Waals surface area (Å²) in [5, 5.41) is 0. The van der Waals surface area contributed by atoms with Crippen LogP contribution < -0.4 is 16.0 Å². The predicted molar refractivity (Wildman–Crippen MR) is 67.7 cm³/mol. The summed E-state index contributed by atoms with van der Waals surface area (Å²) in [7, 11) is 1.67. The van der Waals surface area contributed by atoms with Crippen LogP contribution in [-0.4, -0.2) is 13.0 Å². The molecule has 0 aliphatic rings. The molecule has 0 spiro atoms. The minimum Gasteiger partial charge on any atom is -0.496 e. The van der Waals surface area contributed by atoms with Crippen LogP contribution in [0, 0.1) is 6.92 Å². The monoisotopic (exact) mass is 242 g/mol. The van der Waals surface area contributed by atoms with E-state index in [1.165, 1.54) is 5.56 Å². The molecule has 0 bridgehead atoms. The summed E-state index contributed by atoms with van der Waals surface area (Å²) < 4.78 is 5.33. The minimum atomic E-state index is 0.0913. The maximum absolute atomic E-state index is 5.70. The lowest BCUT2D eigenvalue weighted by Crippen LogP contribution is -2.28. The Hall–Kier alpha value is -0.770. The summed E-state index contributed by atoms with van der Waals surface area (Å²) >= 11 is 5.70. The first-order valence-electron chi connectivity index (χ1n) is 5.39. The fourth-order valence-corrected chi connectivity index (χ4v) is 1.89. The van der Waals surface area contributed by atoms with Gasteiger partial charge in [-0.15, -0.1) is 11.6 Å². The van der Waals surface area contributed by atoms with Gasteiger partial charge in [0.05, 0.1) is 7.11 Å². The summed E-state index contributed by atoms with van der Waals surface area (Å²) in [5.41, 5.74) is 5.11. The molecule has 1 unspecified atom stereocenters. The SMILES string of the molecule is COc1ccc(C)cc1C(CCCCl)NN. The maximum atomic E-state index is 5.70. The van der Waals surface area contributed by atoms with Crippen molar-refractivity contribution in [3.63, 3.8) is 0 Å². The second-order valence-electron chi connectivity index (χ2n) is 3.80. The molecule has 0 aliphatic heterocycles. The van der Waals surface area contributed by atoms with E-state index in [-0.39, 0.29) is 6.04 Å². The number of nitrogens with one attached hydrogen (secondary N) is 1. The summed E-state index contributed by atoms with van der Waals surface area (Å²) in [4.78, 5) is 0. The van der Waals surface area contributed by atoms with E-state index in [1.807, 2.05) is 12.1 Å². The standard InChI is InChI=1S/C12H19ClN2O/c1-9-5-6-12(16-2)10(8-9)11(15-14)4-3-7-13/h5-6,8,11,15H,3-4,7,14H2,1-2H3. The zero-order valence-electron chi connectivity index (χ0n) is 9.79. The van der Waals surface area contributed by atoms with Gasteiger partial charge < -0.3 is 4.74 Å². The second-order valence-corrected chi connectivity index (χ2v) is 4.17. The molecule has 0 fully saturated rings. The van der Waals surface area contributed by atoms with Crippen LogP contribution in [-0.2, 0) is 0 Å². The Morgan fingerprint density at radius 3 is 2.81 bits per heavy atom. The summed E-state index contributed by atoms with van der Waals surface area (Å²) in [6, 6.07) is 6.18. The van der Waals surface area contributed by atoms with Gasteiger partial charge in [0.1, 0.15) is 5.75 Å². The Morgan fingerprint density at radius 2 is 2.25 bits per heavy atom. The van der Waals surface area contributed by atoms with Crippen LogP contribution >= 0.6 is 11.6 Å². The smallest absolute Gasteiger partial charge is 0.123 e. The number of hydrogen-bond acceptors (Lipinski definition) is 3. The van der Waals surface area contributed by atoms with E-state index in [2.05, 4.69) is 18.4 Å². The molecule has 1 atom stereocenters. The van der Waals surface area contributed by atoms with Crippen molar-refractivity contribution < 1.29 is 4.74 Å². The lowest BCUT2D eigenvalue weighted by molar-refractivity contribution is 0.395. The van der Waals surface area contributed by atoms with Crippen molar-refractivity contribution in [2.75, 3.05) is 13.0 Å². The molecule has 0 aromatic heterocycles. The third-order valence-electron chi connectivity index (χ3n) is 2.59. The van der Waals surface area contributed by atoms with Gasteiger partial charge in [0.25, 0.3) is 0 Å². The molecule has 1 aromatic rings. The van der Waals surface area contributed by atoms with Gasteiger partial charge in [-0.05, 0) is 25.8 Å². The largest absolute Gasteiger partial charge is 0.496 e. The number of nitrogens with two attached hydrogens (primary N) is 1. The van der Waals surface area contributed by atoms with E-state index in [9.17, 15) is 0 Å². The Bertz CT molecular complexity index is 331. The molecule has 0 amide bonds. The van der Waals surface area contributed by atoms with Crippen LogP contribution in [0.2, 0.25) is 0 Å². The summed E-state index contributed by atoms with van der Waals surface area (Å²) in [6.07, 6.45) is 1.83. The fourth-order valence-electron chi connectivity index (χ4n) is 1.74. The van der Waals surface area contributed by atoms with Gasteiger partial charge in [0, 0.05) is 17.5 Å². The first-order chi connectivity index (χ1) is 7.72. The van der Waals surface area contributed by atoms with Crippen molar-refractivity contribution in [3.05, 3.63) is 29.3 Å². The number of ether oxygens (including phenoxy) is 1. The number of methoxy groups -OCH3 is 1. The van der Waals surface area contributed by atoms with Crippen LogP contribution in [0.25, 0.3) is 0 Å². The Kier molecular flexibility index (Phi) is 5.60. The minimum absolute atomic E-state index is 0.0913. The molecule has 16 heavy (non-hydrogen) atoms. The fraction of sp³-hybridized carbons (Fsp3) is 0.500. The van der Waals surface area contributed by atoms with E-state index in [0.29, 0.717) is 5.88 Å². The van der Waals surface area contributed by atoms with Gasteiger partial charge in [-0.3, -0.25) is 11.3 Å². The second kappa shape index (κ2) is 6.74. The molecule has 3 nitrogen and oxygen atoms in total. The van der Waals surface area contributed by atoms with Crippen molar-refractivity contribution in [3.8, 4) is 5.75 Å². The molecule has 4 heteroatoms. The molecule has 1 aromatic carbocycles. The number of hydrazine groups is 1. The van der Waals surface area contributed by atoms with Crippen LogP contribution in [0.5, 0.6) is 5.75 Å². The number of alkyl halides is 1. The molecule has 0 saturated carbocycles. The van der Waals surface area contributed by atoms with Gasteiger partial charge in [-0.25, -0.2) is 0 Å². The first kappa shape index (κ1) is 13.3. The number of rotatable bonds is 6. The van der Waals surface area contributed by atoms with E-state index in [1.54, 1.807) is 7.11 Å². The Balaban J connectivity index is 2.92. The molecule has 0 heterocycles. The number of halogens is 1. The van der Waals surface area contributed by atoms with Crippen molar-refractivity contribution >= 4 is 11.6 Å². The first-order valence-corrected chi connectivity index (χ1v) is 5.93. The summed E-state index contributed by atoms with van der Waals surface area (Å²) in [5.74, 6) is 7.08. The molecule has 1 rings (SSSR count). The van der Waals surface area contributed by atoms with Gasteiger partial charge >= 0.3 is 0 Å². The van der Waals surface area contributed by atoms with Crippen LogP contribution in [0.4, 0.5) is 0 Å². The van der Waals surface area contributed by atoms with Crippen molar-refractivity contribution in [1.82, 2.24) is 5.43 Å². The quantitative estimate of drug-likeness (QED) is 0.458. The van der Waals surface area contributed by atoms with Crippen molar-refractivity contribution in [1.29, 1.82) is 0 Å².